The molecule has 0 spiro atoms. The molecule has 1 aliphatic heterocycles. The summed E-state index contributed by atoms with van der Waals surface area (Å²) in [4.78, 5) is 26.1. The Morgan fingerprint density at radius 2 is 1.74 bits per heavy atom. The van der Waals surface area contributed by atoms with E-state index < -0.39 is 12.1 Å². The minimum Gasteiger partial charge on any atom is -0.479 e. The van der Waals surface area contributed by atoms with Crippen LogP contribution < -0.4 is 5.32 Å². The molecule has 0 aromatic rings. The Bertz CT molecular complexity index is 332. The zero-order chi connectivity index (χ0) is 14.6. The maximum Gasteiger partial charge on any atom is 0.334 e. The highest BCUT2D eigenvalue weighted by molar-refractivity contribution is 5.76. The molecule has 7 nitrogen and oxygen atoms in total. The zero-order valence-electron chi connectivity index (χ0n) is 11.7. The Balaban J connectivity index is 2.35. The molecule has 1 rings (SSSR count). The largest absolute Gasteiger partial charge is 0.479 e. The lowest BCUT2D eigenvalue weighted by Gasteiger charge is -2.42. The van der Waals surface area contributed by atoms with E-state index >= 15 is 0 Å². The smallest absolute Gasteiger partial charge is 0.334 e. The number of hydrogen-bond donors (Lipinski definition) is 3. The van der Waals surface area contributed by atoms with Gasteiger partial charge in [-0.25, -0.2) is 9.59 Å². The van der Waals surface area contributed by atoms with E-state index in [-0.39, 0.29) is 18.1 Å². The van der Waals surface area contributed by atoms with Crippen LogP contribution in [0.15, 0.2) is 0 Å². The summed E-state index contributed by atoms with van der Waals surface area (Å²) < 4.78 is 0. The summed E-state index contributed by atoms with van der Waals surface area (Å²) in [6.07, 6.45) is -1.56. The molecule has 0 aromatic heterocycles. The van der Waals surface area contributed by atoms with E-state index in [0.717, 1.165) is 13.1 Å². The zero-order valence-corrected chi connectivity index (χ0v) is 11.7. The molecule has 0 saturated carbocycles. The number of amides is 2. The van der Waals surface area contributed by atoms with Gasteiger partial charge >= 0.3 is 12.0 Å². The Kier molecular flexibility index (Phi) is 5.13. The van der Waals surface area contributed by atoms with Gasteiger partial charge in [-0.05, 0) is 20.8 Å². The third kappa shape index (κ3) is 4.68. The van der Waals surface area contributed by atoms with Crippen LogP contribution in [0.25, 0.3) is 0 Å². The van der Waals surface area contributed by atoms with Crippen molar-refractivity contribution in [1.82, 2.24) is 15.1 Å². The lowest BCUT2D eigenvalue weighted by Crippen LogP contribution is -2.56. The molecule has 2 amide bonds. The Morgan fingerprint density at radius 3 is 2.16 bits per heavy atom. The van der Waals surface area contributed by atoms with Crippen molar-refractivity contribution in [3.63, 3.8) is 0 Å². The van der Waals surface area contributed by atoms with E-state index in [1.165, 1.54) is 0 Å². The summed E-state index contributed by atoms with van der Waals surface area (Å²) in [6.45, 7) is 8.91. The molecule has 0 bridgehead atoms. The van der Waals surface area contributed by atoms with Gasteiger partial charge in [0.2, 0.25) is 0 Å². The second-order valence-electron chi connectivity index (χ2n) is 5.69. The average Bonchev–Trinajstić information content (AvgIpc) is 2.34. The maximum absolute atomic E-state index is 11.8. The van der Waals surface area contributed by atoms with Gasteiger partial charge in [0, 0.05) is 31.7 Å². The molecule has 0 radical (unpaired) electrons. The molecule has 1 saturated heterocycles. The Labute approximate surface area is 113 Å². The molecule has 0 aromatic carbocycles. The number of carboxylic acid groups (broad SMARTS) is 1. The fraction of sp³-hybridized carbons (Fsp3) is 0.833. The van der Waals surface area contributed by atoms with Crippen molar-refractivity contribution in [3.8, 4) is 0 Å². The van der Waals surface area contributed by atoms with Gasteiger partial charge < -0.3 is 20.4 Å². The van der Waals surface area contributed by atoms with Crippen molar-refractivity contribution >= 4 is 12.0 Å². The van der Waals surface area contributed by atoms with E-state index in [1.807, 2.05) is 0 Å². The van der Waals surface area contributed by atoms with Crippen LogP contribution in [0.2, 0.25) is 0 Å². The number of nitrogens with zero attached hydrogens (tertiary/aromatic N) is 2. The standard InChI is InChI=1S/C12H23N3O4/c1-12(2,3)15-6-4-14(5-7-15)11(19)13-8-9(16)10(17)18/h9,16H,4-8H2,1-3H3,(H,13,19)(H,17,18)/t9-/m0/s1. The first-order valence-electron chi connectivity index (χ1n) is 6.40. The molecule has 19 heavy (non-hydrogen) atoms. The number of aliphatic hydroxyl groups is 1. The van der Waals surface area contributed by atoms with Crippen molar-refractivity contribution in [2.45, 2.75) is 32.4 Å². The fourth-order valence-corrected chi connectivity index (χ4v) is 1.96. The number of nitrogens with one attached hydrogen (secondary N) is 1. The van der Waals surface area contributed by atoms with Gasteiger partial charge in [-0.1, -0.05) is 0 Å². The van der Waals surface area contributed by atoms with E-state index in [4.69, 9.17) is 10.2 Å². The van der Waals surface area contributed by atoms with Gasteiger partial charge in [-0.3, -0.25) is 4.90 Å². The molecule has 0 aliphatic carbocycles. The maximum atomic E-state index is 11.8. The third-order valence-electron chi connectivity index (χ3n) is 3.25. The molecule has 0 unspecified atom stereocenters. The van der Waals surface area contributed by atoms with Crippen molar-refractivity contribution < 1.29 is 19.8 Å². The van der Waals surface area contributed by atoms with Crippen LogP contribution in [0.5, 0.6) is 0 Å². The van der Waals surface area contributed by atoms with Crippen LogP contribution >= 0.6 is 0 Å². The number of carbonyl (C=O) groups is 2. The number of urea groups is 1. The summed E-state index contributed by atoms with van der Waals surface area (Å²) >= 11 is 0. The van der Waals surface area contributed by atoms with Gasteiger partial charge in [0.25, 0.3) is 0 Å². The molecule has 1 atom stereocenters. The average molecular weight is 273 g/mol. The van der Waals surface area contributed by atoms with Crippen LogP contribution in [0.1, 0.15) is 20.8 Å². The van der Waals surface area contributed by atoms with Crippen molar-refractivity contribution in [3.05, 3.63) is 0 Å². The number of hydrogen-bond acceptors (Lipinski definition) is 4. The molecular formula is C12H23N3O4. The van der Waals surface area contributed by atoms with Gasteiger partial charge in [-0.15, -0.1) is 0 Å². The highest BCUT2D eigenvalue weighted by Gasteiger charge is 2.28. The number of aliphatic carboxylic acids is 1. The van der Waals surface area contributed by atoms with Crippen molar-refractivity contribution in [1.29, 1.82) is 0 Å². The summed E-state index contributed by atoms with van der Waals surface area (Å²) in [6, 6.07) is -0.325. The predicted octanol–water partition coefficient (Wildman–Crippen LogP) is -0.442. The molecule has 110 valence electrons. The number of aliphatic hydroxyl groups excluding tert-OH is 1. The van der Waals surface area contributed by atoms with Crippen LogP contribution in [0.4, 0.5) is 4.79 Å². The molecule has 1 fully saturated rings. The first-order chi connectivity index (χ1) is 8.71. The summed E-state index contributed by atoms with van der Waals surface area (Å²) in [5, 5.41) is 20.0. The van der Waals surface area contributed by atoms with Gasteiger partial charge in [-0.2, -0.15) is 0 Å². The molecule has 1 heterocycles. The SMILES string of the molecule is CC(C)(C)N1CCN(C(=O)NC[C@H](O)C(=O)O)CC1. The van der Waals surface area contributed by atoms with E-state index in [1.54, 1.807) is 4.90 Å². The molecule has 7 heteroatoms. The van der Waals surface area contributed by atoms with Gasteiger partial charge in [0.1, 0.15) is 0 Å². The number of carboxylic acids is 1. The first kappa shape index (κ1) is 15.7. The molecule has 1 aliphatic rings. The fourth-order valence-electron chi connectivity index (χ4n) is 1.96. The predicted molar refractivity (Wildman–Crippen MR) is 69.9 cm³/mol. The van der Waals surface area contributed by atoms with Crippen molar-refractivity contribution in [2.24, 2.45) is 0 Å². The Morgan fingerprint density at radius 1 is 1.21 bits per heavy atom. The first-order valence-corrected chi connectivity index (χ1v) is 6.40. The summed E-state index contributed by atoms with van der Waals surface area (Å²) in [5.74, 6) is -1.34. The summed E-state index contributed by atoms with van der Waals surface area (Å²) in [5.41, 5.74) is 0.0854. The van der Waals surface area contributed by atoms with Crippen LogP contribution in [-0.4, -0.2) is 76.4 Å². The normalized spacial score (nSPS) is 19.1. The van der Waals surface area contributed by atoms with Gasteiger partial charge in [0.15, 0.2) is 6.10 Å². The van der Waals surface area contributed by atoms with Crippen molar-refractivity contribution in [2.75, 3.05) is 32.7 Å². The number of rotatable bonds is 3. The highest BCUT2D eigenvalue weighted by atomic mass is 16.4. The van der Waals surface area contributed by atoms with E-state index in [0.29, 0.717) is 13.1 Å². The third-order valence-corrected chi connectivity index (χ3v) is 3.25. The monoisotopic (exact) mass is 273 g/mol. The van der Waals surface area contributed by atoms with E-state index in [9.17, 15) is 9.59 Å². The minimum absolute atomic E-state index is 0.0854. The van der Waals surface area contributed by atoms with Crippen LogP contribution in [0, 0.1) is 0 Å². The quantitative estimate of drug-likeness (QED) is 0.648. The lowest BCUT2D eigenvalue weighted by atomic mass is 10.1. The van der Waals surface area contributed by atoms with Gasteiger partial charge in [0.05, 0.1) is 6.54 Å². The topological polar surface area (TPSA) is 93.1 Å². The molecule has 3 N–H and O–H groups in total. The Hall–Kier alpha value is -1.34. The second kappa shape index (κ2) is 6.21. The number of carbonyl (C=O) groups excluding carboxylic acids is 1. The lowest BCUT2D eigenvalue weighted by molar-refractivity contribution is -0.146. The molecular weight excluding hydrogens is 250 g/mol. The summed E-state index contributed by atoms with van der Waals surface area (Å²) in [7, 11) is 0. The van der Waals surface area contributed by atoms with Crippen LogP contribution in [0.3, 0.4) is 0 Å². The van der Waals surface area contributed by atoms with Crippen LogP contribution in [-0.2, 0) is 4.79 Å². The van der Waals surface area contributed by atoms with E-state index in [2.05, 4.69) is 31.0 Å². The highest BCUT2D eigenvalue weighted by Crippen LogP contribution is 2.15. The second-order valence-corrected chi connectivity index (χ2v) is 5.69. The number of piperazine rings is 1. The minimum atomic E-state index is -1.56.